The van der Waals surface area contributed by atoms with Crippen LogP contribution in [0.5, 0.6) is 17.2 Å². The molecule has 136 valence electrons. The number of hydrogen-bond acceptors (Lipinski definition) is 5. The lowest BCUT2D eigenvalue weighted by Crippen LogP contribution is -2.21. The van der Waals surface area contributed by atoms with Crippen LogP contribution < -0.4 is 19.5 Å². The van der Waals surface area contributed by atoms with Gasteiger partial charge in [0.1, 0.15) is 5.75 Å². The molecule has 3 rings (SSSR count). The van der Waals surface area contributed by atoms with Crippen LogP contribution in [0.4, 0.5) is 5.69 Å². The number of carbonyl (C=O) groups is 2. The Morgan fingerprint density at radius 1 is 1.15 bits per heavy atom. The van der Waals surface area contributed by atoms with E-state index in [1.165, 1.54) is 6.92 Å². The van der Waals surface area contributed by atoms with Crippen LogP contribution in [0, 0.1) is 0 Å². The number of anilines is 1. The molecule has 1 N–H and O–H groups in total. The predicted molar refractivity (Wildman–Crippen MR) is 97.2 cm³/mol. The minimum absolute atomic E-state index is 0.0964. The molecule has 0 bridgehead atoms. The number of benzene rings is 2. The predicted octanol–water partition coefficient (Wildman–Crippen LogP) is 3.76. The van der Waals surface area contributed by atoms with Crippen molar-refractivity contribution in [2.24, 2.45) is 0 Å². The van der Waals surface area contributed by atoms with E-state index in [1.807, 2.05) is 24.3 Å². The van der Waals surface area contributed by atoms with E-state index < -0.39 is 0 Å². The quantitative estimate of drug-likeness (QED) is 0.799. The molecule has 1 aliphatic heterocycles. The maximum absolute atomic E-state index is 12.3. The van der Waals surface area contributed by atoms with Gasteiger partial charge in [0.2, 0.25) is 6.79 Å². The van der Waals surface area contributed by atoms with Crippen LogP contribution in [0.1, 0.15) is 42.6 Å². The van der Waals surface area contributed by atoms with Gasteiger partial charge in [0, 0.05) is 11.6 Å². The molecular formula is C20H21NO5. The summed E-state index contributed by atoms with van der Waals surface area (Å²) in [4.78, 5) is 24.2. The van der Waals surface area contributed by atoms with Crippen LogP contribution in [-0.4, -0.2) is 25.1 Å². The minimum Gasteiger partial charge on any atom is -0.483 e. The molecule has 0 saturated carbocycles. The molecule has 0 radical (unpaired) electrons. The molecule has 0 spiro atoms. The molecule has 0 unspecified atom stereocenters. The van der Waals surface area contributed by atoms with Crippen molar-refractivity contribution < 1.29 is 23.8 Å². The first-order valence-electron chi connectivity index (χ1n) is 8.42. The van der Waals surface area contributed by atoms with E-state index in [1.54, 1.807) is 12.1 Å². The maximum atomic E-state index is 12.3. The zero-order valence-corrected chi connectivity index (χ0v) is 15.0. The third-order valence-electron chi connectivity index (χ3n) is 4.07. The first-order chi connectivity index (χ1) is 12.5. The van der Waals surface area contributed by atoms with Gasteiger partial charge in [-0.3, -0.25) is 9.59 Å². The molecule has 1 heterocycles. The highest BCUT2D eigenvalue weighted by molar-refractivity contribution is 6.04. The lowest BCUT2D eigenvalue weighted by molar-refractivity contribution is -0.118. The summed E-state index contributed by atoms with van der Waals surface area (Å²) in [6.07, 6.45) is 0. The first-order valence-corrected chi connectivity index (χ1v) is 8.42. The lowest BCUT2D eigenvalue weighted by atomic mass is 10.0. The number of Topliss-reactive ketones (excluding diaryl/α,β-unsaturated/α-hetero) is 1. The second kappa shape index (κ2) is 7.47. The standard InChI is InChI=1S/C20H21NO5/c1-12(2)14-6-4-5-7-17(14)24-10-20(23)21-16-9-19-18(25-11-26-19)8-15(16)13(3)22/h4-9,12H,10-11H2,1-3H3,(H,21,23). The van der Waals surface area contributed by atoms with E-state index in [2.05, 4.69) is 19.2 Å². The summed E-state index contributed by atoms with van der Waals surface area (Å²) in [6, 6.07) is 10.8. The lowest BCUT2D eigenvalue weighted by Gasteiger charge is -2.14. The topological polar surface area (TPSA) is 73.9 Å². The number of fused-ring (bicyclic) bond motifs is 1. The molecule has 26 heavy (non-hydrogen) atoms. The van der Waals surface area contributed by atoms with Crippen molar-refractivity contribution in [3.63, 3.8) is 0 Å². The molecule has 0 aromatic heterocycles. The Kier molecular flexibility index (Phi) is 5.11. The number of rotatable bonds is 6. The summed E-state index contributed by atoms with van der Waals surface area (Å²) >= 11 is 0. The van der Waals surface area contributed by atoms with Crippen LogP contribution in [0.15, 0.2) is 36.4 Å². The van der Waals surface area contributed by atoms with Gasteiger partial charge in [-0.2, -0.15) is 0 Å². The molecule has 1 amide bonds. The number of nitrogens with one attached hydrogen (secondary N) is 1. The smallest absolute Gasteiger partial charge is 0.262 e. The van der Waals surface area contributed by atoms with E-state index in [4.69, 9.17) is 14.2 Å². The fourth-order valence-electron chi connectivity index (χ4n) is 2.76. The second-order valence-electron chi connectivity index (χ2n) is 6.34. The fourth-order valence-corrected chi connectivity index (χ4v) is 2.76. The Balaban J connectivity index is 1.72. The molecule has 0 atom stereocenters. The van der Waals surface area contributed by atoms with Gasteiger partial charge in [0.15, 0.2) is 23.9 Å². The van der Waals surface area contributed by atoms with Gasteiger partial charge in [-0.05, 0) is 30.5 Å². The molecule has 6 nitrogen and oxygen atoms in total. The van der Waals surface area contributed by atoms with E-state index in [-0.39, 0.29) is 31.0 Å². The normalized spacial score (nSPS) is 12.2. The summed E-state index contributed by atoms with van der Waals surface area (Å²) in [6.45, 7) is 5.50. The molecule has 0 saturated heterocycles. The average Bonchev–Trinajstić information content (AvgIpc) is 3.06. The van der Waals surface area contributed by atoms with Crippen molar-refractivity contribution in [3.8, 4) is 17.2 Å². The largest absolute Gasteiger partial charge is 0.483 e. The van der Waals surface area contributed by atoms with E-state index in [9.17, 15) is 9.59 Å². The zero-order chi connectivity index (χ0) is 18.7. The van der Waals surface area contributed by atoms with E-state index in [0.29, 0.717) is 28.5 Å². The Morgan fingerprint density at radius 2 is 1.85 bits per heavy atom. The average molecular weight is 355 g/mol. The second-order valence-corrected chi connectivity index (χ2v) is 6.34. The Labute approximate surface area is 152 Å². The van der Waals surface area contributed by atoms with E-state index in [0.717, 1.165) is 5.56 Å². The van der Waals surface area contributed by atoms with Crippen molar-refractivity contribution >= 4 is 17.4 Å². The third-order valence-corrected chi connectivity index (χ3v) is 4.07. The molecule has 6 heteroatoms. The van der Waals surface area contributed by atoms with Gasteiger partial charge >= 0.3 is 0 Å². The SMILES string of the molecule is CC(=O)c1cc2c(cc1NC(=O)COc1ccccc1C(C)C)OCO2. The Bertz CT molecular complexity index is 844. The maximum Gasteiger partial charge on any atom is 0.262 e. The molecule has 1 aliphatic rings. The Morgan fingerprint density at radius 3 is 2.54 bits per heavy atom. The summed E-state index contributed by atoms with van der Waals surface area (Å²) in [5.74, 6) is 1.42. The van der Waals surface area contributed by atoms with Crippen LogP contribution in [0.25, 0.3) is 0 Å². The number of hydrogen-bond donors (Lipinski definition) is 1. The van der Waals surface area contributed by atoms with Gasteiger partial charge < -0.3 is 19.5 Å². The number of para-hydroxylation sites is 1. The summed E-state index contributed by atoms with van der Waals surface area (Å²) in [5, 5.41) is 2.72. The fraction of sp³-hybridized carbons (Fsp3) is 0.300. The minimum atomic E-state index is -0.357. The number of amides is 1. The Hall–Kier alpha value is -3.02. The van der Waals surface area contributed by atoms with Crippen molar-refractivity contribution in [1.29, 1.82) is 0 Å². The van der Waals surface area contributed by atoms with Gasteiger partial charge in [-0.25, -0.2) is 0 Å². The van der Waals surface area contributed by atoms with Crippen LogP contribution in [-0.2, 0) is 4.79 Å². The first kappa shape index (κ1) is 17.8. The number of carbonyl (C=O) groups excluding carboxylic acids is 2. The monoisotopic (exact) mass is 355 g/mol. The number of ketones is 1. The van der Waals surface area contributed by atoms with Crippen molar-refractivity contribution in [2.75, 3.05) is 18.7 Å². The van der Waals surface area contributed by atoms with E-state index >= 15 is 0 Å². The third kappa shape index (κ3) is 3.79. The van der Waals surface area contributed by atoms with Crippen molar-refractivity contribution in [1.82, 2.24) is 0 Å². The molecule has 2 aromatic rings. The van der Waals surface area contributed by atoms with Gasteiger partial charge in [0.05, 0.1) is 5.69 Å². The highest BCUT2D eigenvalue weighted by Crippen LogP contribution is 2.37. The highest BCUT2D eigenvalue weighted by Gasteiger charge is 2.20. The summed E-state index contributed by atoms with van der Waals surface area (Å²) < 4.78 is 16.3. The highest BCUT2D eigenvalue weighted by atomic mass is 16.7. The zero-order valence-electron chi connectivity index (χ0n) is 15.0. The van der Waals surface area contributed by atoms with Crippen LogP contribution >= 0.6 is 0 Å². The molecule has 2 aromatic carbocycles. The van der Waals surface area contributed by atoms with Crippen LogP contribution in [0.2, 0.25) is 0 Å². The van der Waals surface area contributed by atoms with Gasteiger partial charge in [-0.15, -0.1) is 0 Å². The van der Waals surface area contributed by atoms with Crippen LogP contribution in [0.3, 0.4) is 0 Å². The van der Waals surface area contributed by atoms with Crippen molar-refractivity contribution in [2.45, 2.75) is 26.7 Å². The molecule has 0 fully saturated rings. The summed E-state index contributed by atoms with van der Waals surface area (Å²) in [5.41, 5.74) is 1.78. The van der Waals surface area contributed by atoms with Gasteiger partial charge in [-0.1, -0.05) is 32.0 Å². The summed E-state index contributed by atoms with van der Waals surface area (Å²) in [7, 11) is 0. The van der Waals surface area contributed by atoms with Gasteiger partial charge in [0.25, 0.3) is 5.91 Å². The number of ether oxygens (including phenoxy) is 3. The van der Waals surface area contributed by atoms with Crippen molar-refractivity contribution in [3.05, 3.63) is 47.5 Å². The molecular weight excluding hydrogens is 334 g/mol. The molecule has 0 aliphatic carbocycles.